The second kappa shape index (κ2) is 7.17. The van der Waals surface area contributed by atoms with E-state index in [4.69, 9.17) is 9.47 Å². The minimum Gasteiger partial charge on any atom is -0.444 e. The van der Waals surface area contributed by atoms with E-state index in [0.29, 0.717) is 31.6 Å². The van der Waals surface area contributed by atoms with E-state index in [-0.39, 0.29) is 29.9 Å². The van der Waals surface area contributed by atoms with Crippen molar-refractivity contribution in [3.63, 3.8) is 0 Å². The van der Waals surface area contributed by atoms with Crippen molar-refractivity contribution in [2.24, 2.45) is 5.92 Å². The number of rotatable bonds is 2. The molecule has 1 aromatic carbocycles. The van der Waals surface area contributed by atoms with Crippen LogP contribution in [0.3, 0.4) is 0 Å². The van der Waals surface area contributed by atoms with Gasteiger partial charge in [-0.3, -0.25) is 14.7 Å². The standard InChI is InChI=1S/C22H26N2O4/c1-22(2,3)28-21(26)24-17-9-16(10-18(24)13-27-12-17)20(25)15-7-6-14-5-4-8-23-19(14)11-15/h4-8,11,16-18H,9-10,12-13H2,1-3H3. The molecule has 2 aliphatic heterocycles. The Bertz CT molecular complexity index is 891. The number of piperidine rings is 1. The van der Waals surface area contributed by atoms with Gasteiger partial charge >= 0.3 is 6.09 Å². The maximum atomic E-state index is 13.2. The highest BCUT2D eigenvalue weighted by Gasteiger charge is 2.45. The molecule has 6 nitrogen and oxygen atoms in total. The summed E-state index contributed by atoms with van der Waals surface area (Å²) in [4.78, 5) is 32.0. The van der Waals surface area contributed by atoms with Crippen LogP contribution in [0.1, 0.15) is 44.0 Å². The summed E-state index contributed by atoms with van der Waals surface area (Å²) in [6.07, 6.45) is 2.60. The Morgan fingerprint density at radius 2 is 1.86 bits per heavy atom. The molecule has 1 amide bonds. The van der Waals surface area contributed by atoms with Gasteiger partial charge in [-0.15, -0.1) is 0 Å². The van der Waals surface area contributed by atoms with Crippen LogP contribution < -0.4 is 0 Å². The van der Waals surface area contributed by atoms with Crippen molar-refractivity contribution in [3.05, 3.63) is 42.1 Å². The molecule has 4 rings (SSSR count). The molecule has 2 aliphatic rings. The summed E-state index contributed by atoms with van der Waals surface area (Å²) in [6, 6.07) is 9.29. The average molecular weight is 382 g/mol. The van der Waals surface area contributed by atoms with Crippen LogP contribution in [0.5, 0.6) is 0 Å². The molecule has 0 spiro atoms. The average Bonchev–Trinajstić information content (AvgIpc) is 2.64. The number of carbonyl (C=O) groups is 2. The fourth-order valence-corrected chi connectivity index (χ4v) is 4.20. The Morgan fingerprint density at radius 3 is 2.54 bits per heavy atom. The maximum Gasteiger partial charge on any atom is 0.410 e. The summed E-state index contributed by atoms with van der Waals surface area (Å²) in [6.45, 7) is 6.47. The Morgan fingerprint density at radius 1 is 1.14 bits per heavy atom. The van der Waals surface area contributed by atoms with Gasteiger partial charge in [-0.2, -0.15) is 0 Å². The zero-order valence-electron chi connectivity index (χ0n) is 16.6. The Kier molecular flexibility index (Phi) is 4.83. The Balaban J connectivity index is 1.53. The minimum absolute atomic E-state index is 0.119. The molecule has 3 heterocycles. The first-order valence-corrected chi connectivity index (χ1v) is 9.80. The van der Waals surface area contributed by atoms with Gasteiger partial charge in [0.15, 0.2) is 5.78 Å². The van der Waals surface area contributed by atoms with E-state index in [2.05, 4.69) is 4.98 Å². The van der Waals surface area contributed by atoms with Crippen molar-refractivity contribution in [2.45, 2.75) is 51.3 Å². The molecule has 148 valence electrons. The fraction of sp³-hybridized carbons (Fsp3) is 0.500. The second-order valence-corrected chi connectivity index (χ2v) is 8.68. The summed E-state index contributed by atoms with van der Waals surface area (Å²) in [7, 11) is 0. The summed E-state index contributed by atoms with van der Waals surface area (Å²) in [5.41, 5.74) is 0.959. The third-order valence-corrected chi connectivity index (χ3v) is 5.39. The zero-order chi connectivity index (χ0) is 19.9. The molecule has 2 atom stereocenters. The van der Waals surface area contributed by atoms with Crippen LogP contribution in [0.2, 0.25) is 0 Å². The fourth-order valence-electron chi connectivity index (χ4n) is 4.20. The molecule has 0 aliphatic carbocycles. The molecule has 2 unspecified atom stereocenters. The number of Topliss-reactive ketones (excluding diaryl/α,β-unsaturated/α-hetero) is 1. The normalized spacial score (nSPS) is 24.8. The molecule has 0 saturated carbocycles. The molecule has 1 aromatic heterocycles. The molecule has 0 N–H and O–H groups in total. The van der Waals surface area contributed by atoms with Crippen molar-refractivity contribution in [3.8, 4) is 0 Å². The number of amides is 1. The van der Waals surface area contributed by atoms with Gasteiger partial charge in [-0.25, -0.2) is 4.79 Å². The van der Waals surface area contributed by atoms with Crippen molar-refractivity contribution < 1.29 is 19.1 Å². The summed E-state index contributed by atoms with van der Waals surface area (Å²) in [5, 5.41) is 1.02. The number of hydrogen-bond acceptors (Lipinski definition) is 5. The van der Waals surface area contributed by atoms with Gasteiger partial charge in [-0.05, 0) is 45.7 Å². The lowest BCUT2D eigenvalue weighted by molar-refractivity contribution is -0.0861. The van der Waals surface area contributed by atoms with Crippen molar-refractivity contribution in [2.75, 3.05) is 13.2 Å². The lowest BCUT2D eigenvalue weighted by Gasteiger charge is -2.47. The molecule has 6 heteroatoms. The zero-order valence-corrected chi connectivity index (χ0v) is 16.6. The number of morpholine rings is 1. The van der Waals surface area contributed by atoms with E-state index in [1.807, 2.05) is 51.1 Å². The highest BCUT2D eigenvalue weighted by molar-refractivity contribution is 6.00. The molecular weight excluding hydrogens is 356 g/mol. The van der Waals surface area contributed by atoms with Gasteiger partial charge in [0, 0.05) is 23.1 Å². The number of nitrogens with zero attached hydrogens (tertiary/aromatic N) is 2. The number of aromatic nitrogens is 1. The summed E-state index contributed by atoms with van der Waals surface area (Å²) >= 11 is 0. The number of pyridine rings is 1. The second-order valence-electron chi connectivity index (χ2n) is 8.68. The predicted octanol–water partition coefficient (Wildman–Crippen LogP) is 3.83. The number of fused-ring (bicyclic) bond motifs is 3. The quantitative estimate of drug-likeness (QED) is 0.739. The minimum atomic E-state index is -0.545. The molecular formula is C22H26N2O4. The topological polar surface area (TPSA) is 68.7 Å². The van der Waals surface area contributed by atoms with Crippen LogP contribution in [-0.2, 0) is 9.47 Å². The molecule has 2 fully saturated rings. The number of ether oxygens (including phenoxy) is 2. The molecule has 0 radical (unpaired) electrons. The first kappa shape index (κ1) is 18.9. The Labute approximate surface area is 164 Å². The van der Waals surface area contributed by atoms with Crippen molar-refractivity contribution in [1.29, 1.82) is 0 Å². The smallest absolute Gasteiger partial charge is 0.410 e. The number of ketones is 1. The third-order valence-electron chi connectivity index (χ3n) is 5.39. The van der Waals surface area contributed by atoms with E-state index in [1.165, 1.54) is 0 Å². The SMILES string of the molecule is CC(C)(C)OC(=O)N1C2COCC1CC(C(=O)c1ccc3cccnc3c1)C2. The lowest BCUT2D eigenvalue weighted by Crippen LogP contribution is -2.60. The van der Waals surface area contributed by atoms with Crippen LogP contribution in [0, 0.1) is 5.92 Å². The van der Waals surface area contributed by atoms with E-state index in [9.17, 15) is 9.59 Å². The van der Waals surface area contributed by atoms with Gasteiger partial charge < -0.3 is 9.47 Å². The largest absolute Gasteiger partial charge is 0.444 e. The first-order valence-electron chi connectivity index (χ1n) is 9.80. The number of hydrogen-bond donors (Lipinski definition) is 0. The van der Waals surface area contributed by atoms with Crippen LogP contribution in [-0.4, -0.2) is 52.7 Å². The van der Waals surface area contributed by atoms with Gasteiger partial charge in [0.25, 0.3) is 0 Å². The first-order chi connectivity index (χ1) is 13.3. The molecule has 2 saturated heterocycles. The van der Waals surface area contributed by atoms with E-state index < -0.39 is 5.60 Å². The maximum absolute atomic E-state index is 13.2. The monoisotopic (exact) mass is 382 g/mol. The van der Waals surface area contributed by atoms with Gasteiger partial charge in [0.1, 0.15) is 5.60 Å². The molecule has 28 heavy (non-hydrogen) atoms. The van der Waals surface area contributed by atoms with Gasteiger partial charge in [-0.1, -0.05) is 18.2 Å². The highest BCUT2D eigenvalue weighted by atomic mass is 16.6. The Hall–Kier alpha value is -2.47. The molecule has 2 aromatic rings. The van der Waals surface area contributed by atoms with Gasteiger partial charge in [0.05, 0.1) is 30.8 Å². The molecule has 2 bridgehead atoms. The number of carbonyl (C=O) groups excluding carboxylic acids is 2. The third kappa shape index (κ3) is 3.74. The van der Waals surface area contributed by atoms with E-state index in [0.717, 1.165) is 10.9 Å². The van der Waals surface area contributed by atoms with E-state index in [1.54, 1.807) is 11.1 Å². The van der Waals surface area contributed by atoms with Gasteiger partial charge in [0.2, 0.25) is 0 Å². The predicted molar refractivity (Wildman–Crippen MR) is 105 cm³/mol. The summed E-state index contributed by atoms with van der Waals surface area (Å²) in [5.74, 6) is -0.00737. The highest BCUT2D eigenvalue weighted by Crippen LogP contribution is 2.35. The lowest BCUT2D eigenvalue weighted by atomic mass is 9.80. The van der Waals surface area contributed by atoms with Crippen LogP contribution in [0.15, 0.2) is 36.5 Å². The van der Waals surface area contributed by atoms with Crippen LogP contribution >= 0.6 is 0 Å². The van der Waals surface area contributed by atoms with Crippen LogP contribution in [0.25, 0.3) is 10.9 Å². The van der Waals surface area contributed by atoms with Crippen molar-refractivity contribution in [1.82, 2.24) is 9.88 Å². The number of benzene rings is 1. The summed E-state index contributed by atoms with van der Waals surface area (Å²) < 4.78 is 11.2. The van der Waals surface area contributed by atoms with Crippen LogP contribution in [0.4, 0.5) is 4.79 Å². The van der Waals surface area contributed by atoms with Crippen molar-refractivity contribution >= 4 is 22.8 Å². The van der Waals surface area contributed by atoms with E-state index >= 15 is 0 Å².